The van der Waals surface area contributed by atoms with Gasteiger partial charge in [-0.05, 0) is 25.9 Å². The Bertz CT molecular complexity index is 265. The number of sulfone groups is 1. The smallest absolute Gasteiger partial charge is 0.153 e. The van der Waals surface area contributed by atoms with Crippen LogP contribution in [0.1, 0.15) is 26.2 Å². The van der Waals surface area contributed by atoms with Gasteiger partial charge >= 0.3 is 0 Å². The van der Waals surface area contributed by atoms with Crippen molar-refractivity contribution in [2.75, 3.05) is 31.1 Å². The van der Waals surface area contributed by atoms with Gasteiger partial charge in [0.05, 0.1) is 11.5 Å². The molecule has 0 saturated carbocycles. The Kier molecular flexibility index (Phi) is 5.56. The predicted octanol–water partition coefficient (Wildman–Crippen LogP) is 0.153. The summed E-state index contributed by atoms with van der Waals surface area (Å²) in [6, 6.07) is 0.151. The molecule has 1 saturated heterocycles. The molecule has 0 amide bonds. The Morgan fingerprint density at radius 1 is 1.40 bits per heavy atom. The Morgan fingerprint density at radius 3 is 2.87 bits per heavy atom. The molecule has 2 N–H and O–H groups in total. The molecule has 15 heavy (non-hydrogen) atoms. The molecule has 0 aliphatic carbocycles. The molecule has 1 aliphatic heterocycles. The van der Waals surface area contributed by atoms with Crippen LogP contribution in [0, 0.1) is 0 Å². The van der Waals surface area contributed by atoms with Crippen molar-refractivity contribution in [3.63, 3.8) is 0 Å². The normalized spacial score (nSPS) is 25.3. The van der Waals surface area contributed by atoms with E-state index in [-0.39, 0.29) is 6.04 Å². The third-order valence-electron chi connectivity index (χ3n) is 2.68. The zero-order chi connectivity index (χ0) is 11.1. The van der Waals surface area contributed by atoms with Crippen molar-refractivity contribution < 1.29 is 8.42 Å². The van der Waals surface area contributed by atoms with Gasteiger partial charge in [0.1, 0.15) is 0 Å². The summed E-state index contributed by atoms with van der Waals surface area (Å²) in [7, 11) is -2.77. The summed E-state index contributed by atoms with van der Waals surface area (Å²) in [5.74, 6) is 0.606. The quantitative estimate of drug-likeness (QED) is 0.643. The van der Waals surface area contributed by atoms with Crippen LogP contribution < -0.4 is 10.6 Å². The molecule has 1 heterocycles. The van der Waals surface area contributed by atoms with Gasteiger partial charge in [0.25, 0.3) is 0 Å². The number of rotatable bonds is 6. The SMILES string of the molecule is CCCCNCCC1CS(=O)(=O)CCN1. The first-order valence-corrected chi connectivity index (χ1v) is 7.60. The van der Waals surface area contributed by atoms with Crippen LogP contribution in [0.2, 0.25) is 0 Å². The Morgan fingerprint density at radius 2 is 2.20 bits per heavy atom. The summed E-state index contributed by atoms with van der Waals surface area (Å²) in [5.41, 5.74) is 0. The summed E-state index contributed by atoms with van der Waals surface area (Å²) in [4.78, 5) is 0. The minimum absolute atomic E-state index is 0.151. The summed E-state index contributed by atoms with van der Waals surface area (Å²) < 4.78 is 22.7. The summed E-state index contributed by atoms with van der Waals surface area (Å²) in [6.45, 7) is 4.72. The predicted molar refractivity (Wildman–Crippen MR) is 62.8 cm³/mol. The maximum absolute atomic E-state index is 11.3. The maximum atomic E-state index is 11.3. The van der Waals surface area contributed by atoms with Crippen LogP contribution in [0.4, 0.5) is 0 Å². The molecule has 90 valence electrons. The Hall–Kier alpha value is -0.130. The lowest BCUT2D eigenvalue weighted by Gasteiger charge is -2.23. The van der Waals surface area contributed by atoms with Gasteiger partial charge in [-0.1, -0.05) is 13.3 Å². The van der Waals surface area contributed by atoms with E-state index < -0.39 is 9.84 Å². The van der Waals surface area contributed by atoms with Crippen LogP contribution >= 0.6 is 0 Å². The highest BCUT2D eigenvalue weighted by atomic mass is 32.2. The average Bonchev–Trinajstić information content (AvgIpc) is 2.16. The standard InChI is InChI=1S/C10H22N2O2S/c1-2-3-5-11-6-4-10-9-15(13,14)8-7-12-10/h10-12H,2-9H2,1H3. The van der Waals surface area contributed by atoms with E-state index in [1.165, 1.54) is 12.8 Å². The monoisotopic (exact) mass is 234 g/mol. The van der Waals surface area contributed by atoms with Gasteiger partial charge < -0.3 is 10.6 Å². The van der Waals surface area contributed by atoms with E-state index in [9.17, 15) is 8.42 Å². The molecular formula is C10H22N2O2S. The van der Waals surface area contributed by atoms with E-state index in [0.29, 0.717) is 18.1 Å². The third-order valence-corrected chi connectivity index (χ3v) is 4.41. The number of hydrogen-bond donors (Lipinski definition) is 2. The van der Waals surface area contributed by atoms with Crippen LogP contribution in [0.5, 0.6) is 0 Å². The third kappa shape index (κ3) is 5.49. The van der Waals surface area contributed by atoms with Crippen LogP contribution in [0.25, 0.3) is 0 Å². The molecule has 0 spiro atoms. The van der Waals surface area contributed by atoms with Gasteiger partial charge in [-0.3, -0.25) is 0 Å². The fraction of sp³-hybridized carbons (Fsp3) is 1.00. The molecule has 1 fully saturated rings. The van der Waals surface area contributed by atoms with Crippen molar-refractivity contribution in [3.05, 3.63) is 0 Å². The molecule has 1 aliphatic rings. The Balaban J connectivity index is 2.11. The topological polar surface area (TPSA) is 58.2 Å². The summed E-state index contributed by atoms with van der Waals surface area (Å²) in [5, 5.41) is 6.57. The van der Waals surface area contributed by atoms with Gasteiger partial charge in [0, 0.05) is 12.6 Å². The van der Waals surface area contributed by atoms with Crippen molar-refractivity contribution in [2.45, 2.75) is 32.2 Å². The fourth-order valence-electron chi connectivity index (χ4n) is 1.76. The van der Waals surface area contributed by atoms with Crippen molar-refractivity contribution in [3.8, 4) is 0 Å². The van der Waals surface area contributed by atoms with Gasteiger partial charge in [-0.25, -0.2) is 8.42 Å². The molecule has 0 aromatic rings. The lowest BCUT2D eigenvalue weighted by molar-refractivity contribution is 0.477. The van der Waals surface area contributed by atoms with Crippen LogP contribution in [0.15, 0.2) is 0 Å². The molecule has 0 radical (unpaired) electrons. The maximum Gasteiger partial charge on any atom is 0.153 e. The molecule has 0 aromatic heterocycles. The minimum atomic E-state index is -2.77. The number of unbranched alkanes of at least 4 members (excludes halogenated alkanes) is 1. The zero-order valence-electron chi connectivity index (χ0n) is 9.46. The first-order chi connectivity index (χ1) is 7.14. The van der Waals surface area contributed by atoms with Gasteiger partial charge in [0.15, 0.2) is 9.84 Å². The van der Waals surface area contributed by atoms with Crippen LogP contribution in [-0.2, 0) is 9.84 Å². The van der Waals surface area contributed by atoms with E-state index in [2.05, 4.69) is 17.6 Å². The lowest BCUT2D eigenvalue weighted by Crippen LogP contribution is -2.46. The van der Waals surface area contributed by atoms with Crippen molar-refractivity contribution in [1.82, 2.24) is 10.6 Å². The lowest BCUT2D eigenvalue weighted by atomic mass is 10.2. The number of hydrogen-bond acceptors (Lipinski definition) is 4. The average molecular weight is 234 g/mol. The summed E-state index contributed by atoms with van der Waals surface area (Å²) >= 11 is 0. The fourth-order valence-corrected chi connectivity index (χ4v) is 3.25. The molecule has 0 bridgehead atoms. The van der Waals surface area contributed by atoms with Gasteiger partial charge in [-0.2, -0.15) is 0 Å². The minimum Gasteiger partial charge on any atom is -0.317 e. The highest BCUT2D eigenvalue weighted by Gasteiger charge is 2.23. The zero-order valence-corrected chi connectivity index (χ0v) is 10.3. The second kappa shape index (κ2) is 6.45. The Labute approximate surface area is 92.7 Å². The van der Waals surface area contributed by atoms with Crippen molar-refractivity contribution >= 4 is 9.84 Å². The molecule has 1 rings (SSSR count). The van der Waals surface area contributed by atoms with E-state index in [1.807, 2.05) is 0 Å². The molecular weight excluding hydrogens is 212 g/mol. The van der Waals surface area contributed by atoms with Gasteiger partial charge in [-0.15, -0.1) is 0 Å². The van der Waals surface area contributed by atoms with Crippen LogP contribution in [0.3, 0.4) is 0 Å². The first kappa shape index (κ1) is 12.9. The molecule has 4 nitrogen and oxygen atoms in total. The van der Waals surface area contributed by atoms with E-state index >= 15 is 0 Å². The van der Waals surface area contributed by atoms with Gasteiger partial charge in [0.2, 0.25) is 0 Å². The van der Waals surface area contributed by atoms with E-state index in [1.54, 1.807) is 0 Å². The van der Waals surface area contributed by atoms with Crippen molar-refractivity contribution in [1.29, 1.82) is 0 Å². The van der Waals surface area contributed by atoms with E-state index in [0.717, 1.165) is 19.5 Å². The second-order valence-corrected chi connectivity index (χ2v) is 6.39. The highest BCUT2D eigenvalue weighted by Crippen LogP contribution is 2.03. The van der Waals surface area contributed by atoms with Crippen molar-refractivity contribution in [2.24, 2.45) is 0 Å². The summed E-state index contributed by atoms with van der Waals surface area (Å²) in [6.07, 6.45) is 3.29. The molecule has 1 atom stereocenters. The molecule has 0 aromatic carbocycles. The highest BCUT2D eigenvalue weighted by molar-refractivity contribution is 7.91. The number of nitrogens with one attached hydrogen (secondary N) is 2. The van der Waals surface area contributed by atoms with E-state index in [4.69, 9.17) is 0 Å². The largest absolute Gasteiger partial charge is 0.317 e. The second-order valence-electron chi connectivity index (χ2n) is 4.16. The molecule has 5 heteroatoms. The first-order valence-electron chi connectivity index (χ1n) is 5.78. The molecule has 1 unspecified atom stereocenters. The van der Waals surface area contributed by atoms with Crippen LogP contribution in [-0.4, -0.2) is 45.6 Å².